The molecule has 138 valence electrons. The van der Waals surface area contributed by atoms with Crippen LogP contribution in [0.4, 0.5) is 11.4 Å². The van der Waals surface area contributed by atoms with E-state index in [2.05, 4.69) is 5.32 Å². The molecule has 8 heteroatoms. The predicted octanol–water partition coefficient (Wildman–Crippen LogP) is 3.19. The smallest absolute Gasteiger partial charge is 0.271 e. The number of nitrogens with zero attached hydrogens (tertiary/aromatic N) is 1. The van der Waals surface area contributed by atoms with Gasteiger partial charge in [0.1, 0.15) is 17.2 Å². The Kier molecular flexibility index (Phi) is 6.37. The lowest BCUT2D eigenvalue weighted by atomic mass is 10.1. The van der Waals surface area contributed by atoms with Crippen molar-refractivity contribution in [2.45, 2.75) is 12.8 Å². The Bertz CT molecular complexity index is 784. The highest BCUT2D eigenvalue weighted by Crippen LogP contribution is 2.29. The monoisotopic (exact) mass is 360 g/mol. The van der Waals surface area contributed by atoms with Crippen molar-refractivity contribution in [1.29, 1.82) is 0 Å². The predicted molar refractivity (Wildman–Crippen MR) is 96.1 cm³/mol. The summed E-state index contributed by atoms with van der Waals surface area (Å²) in [6.07, 6.45) is 0.638. The van der Waals surface area contributed by atoms with E-state index in [1.54, 1.807) is 20.3 Å². The molecule has 0 saturated carbocycles. The third-order valence-corrected chi connectivity index (χ3v) is 3.72. The first kappa shape index (κ1) is 19.0. The van der Waals surface area contributed by atoms with Crippen molar-refractivity contribution in [3.8, 4) is 17.2 Å². The number of carbonyl (C=O) groups excluding carboxylic acids is 1. The van der Waals surface area contributed by atoms with Gasteiger partial charge in [-0.15, -0.1) is 0 Å². The second-order valence-electron chi connectivity index (χ2n) is 5.41. The summed E-state index contributed by atoms with van der Waals surface area (Å²) in [5, 5.41) is 13.6. The maximum Gasteiger partial charge on any atom is 0.271 e. The van der Waals surface area contributed by atoms with Gasteiger partial charge < -0.3 is 19.5 Å². The Labute approximate surface area is 150 Å². The highest BCUT2D eigenvalue weighted by atomic mass is 16.6. The number of nitro groups is 1. The lowest BCUT2D eigenvalue weighted by molar-refractivity contribution is -0.384. The molecular weight excluding hydrogens is 340 g/mol. The van der Waals surface area contributed by atoms with Crippen molar-refractivity contribution in [2.24, 2.45) is 0 Å². The third kappa shape index (κ3) is 4.85. The number of anilines is 1. The molecule has 0 saturated heterocycles. The van der Waals surface area contributed by atoms with Gasteiger partial charge in [0.05, 0.1) is 31.9 Å². The van der Waals surface area contributed by atoms with Crippen molar-refractivity contribution in [2.75, 3.05) is 26.6 Å². The number of amides is 1. The zero-order chi connectivity index (χ0) is 19.1. The van der Waals surface area contributed by atoms with Crippen LogP contribution in [-0.2, 0) is 11.2 Å². The van der Waals surface area contributed by atoms with Crippen molar-refractivity contribution in [3.63, 3.8) is 0 Å². The maximum absolute atomic E-state index is 12.2. The highest BCUT2D eigenvalue weighted by Gasteiger charge is 2.14. The fourth-order valence-electron chi connectivity index (χ4n) is 2.39. The summed E-state index contributed by atoms with van der Waals surface area (Å²) in [4.78, 5) is 22.6. The van der Waals surface area contributed by atoms with Crippen LogP contribution in [0.5, 0.6) is 17.2 Å². The summed E-state index contributed by atoms with van der Waals surface area (Å²) in [5.41, 5.74) is 1.01. The quantitative estimate of drug-likeness (QED) is 0.573. The van der Waals surface area contributed by atoms with E-state index in [9.17, 15) is 14.9 Å². The minimum atomic E-state index is -0.530. The number of non-ortho nitro benzene ring substituents is 1. The Morgan fingerprint density at radius 1 is 1.04 bits per heavy atom. The molecule has 0 bridgehead atoms. The molecule has 1 N–H and O–H groups in total. The van der Waals surface area contributed by atoms with E-state index in [-0.39, 0.29) is 23.7 Å². The highest BCUT2D eigenvalue weighted by molar-refractivity contribution is 5.92. The summed E-state index contributed by atoms with van der Waals surface area (Å²) in [6.45, 7) is 0. The molecule has 0 heterocycles. The van der Waals surface area contributed by atoms with Crippen LogP contribution in [-0.4, -0.2) is 32.2 Å². The second kappa shape index (κ2) is 8.70. The Morgan fingerprint density at radius 2 is 1.69 bits per heavy atom. The fraction of sp³-hybridized carbons (Fsp3) is 0.278. The molecule has 0 aliphatic heterocycles. The van der Waals surface area contributed by atoms with Gasteiger partial charge in [0, 0.05) is 24.6 Å². The van der Waals surface area contributed by atoms with Crippen LogP contribution in [0.1, 0.15) is 12.0 Å². The molecule has 0 aliphatic carbocycles. The summed E-state index contributed by atoms with van der Waals surface area (Å²) >= 11 is 0. The van der Waals surface area contributed by atoms with Gasteiger partial charge in [0.2, 0.25) is 5.91 Å². The molecule has 0 spiro atoms. The Balaban J connectivity index is 2.07. The number of methoxy groups -OCH3 is 3. The number of carbonyl (C=O) groups is 1. The number of hydrogen-bond acceptors (Lipinski definition) is 6. The maximum atomic E-state index is 12.2. The summed E-state index contributed by atoms with van der Waals surface area (Å²) in [7, 11) is 4.54. The van der Waals surface area contributed by atoms with Crippen molar-refractivity contribution >= 4 is 17.3 Å². The van der Waals surface area contributed by atoms with Crippen molar-refractivity contribution < 1.29 is 23.9 Å². The van der Waals surface area contributed by atoms with E-state index in [4.69, 9.17) is 14.2 Å². The van der Waals surface area contributed by atoms with E-state index >= 15 is 0 Å². The summed E-state index contributed by atoms with van der Waals surface area (Å²) < 4.78 is 15.5. The van der Waals surface area contributed by atoms with Crippen molar-refractivity contribution in [3.05, 3.63) is 52.1 Å². The first-order chi connectivity index (χ1) is 12.5. The van der Waals surface area contributed by atoms with Gasteiger partial charge in [-0.25, -0.2) is 0 Å². The van der Waals surface area contributed by atoms with E-state index < -0.39 is 4.92 Å². The average Bonchev–Trinajstić information content (AvgIpc) is 2.65. The van der Waals surface area contributed by atoms with Crippen LogP contribution in [0.25, 0.3) is 0 Å². The van der Waals surface area contributed by atoms with E-state index in [0.29, 0.717) is 23.7 Å². The molecular formula is C18H20N2O6. The zero-order valence-corrected chi connectivity index (χ0v) is 14.8. The van der Waals surface area contributed by atoms with Gasteiger partial charge in [-0.2, -0.15) is 0 Å². The SMILES string of the molecule is COc1cc(CCC(=O)Nc2cc([N+](=O)[O-])ccc2OC)cc(OC)c1. The molecule has 0 radical (unpaired) electrons. The Hall–Kier alpha value is -3.29. The zero-order valence-electron chi connectivity index (χ0n) is 14.8. The molecule has 0 aromatic heterocycles. The van der Waals surface area contributed by atoms with Crippen LogP contribution < -0.4 is 19.5 Å². The fourth-order valence-corrected chi connectivity index (χ4v) is 2.39. The minimum Gasteiger partial charge on any atom is -0.497 e. The lowest BCUT2D eigenvalue weighted by Crippen LogP contribution is -2.13. The van der Waals surface area contributed by atoms with E-state index in [0.717, 1.165) is 5.56 Å². The van der Waals surface area contributed by atoms with E-state index in [1.807, 2.05) is 12.1 Å². The topological polar surface area (TPSA) is 99.9 Å². The third-order valence-electron chi connectivity index (χ3n) is 3.72. The molecule has 2 aromatic carbocycles. The largest absolute Gasteiger partial charge is 0.497 e. The van der Waals surface area contributed by atoms with Gasteiger partial charge >= 0.3 is 0 Å². The van der Waals surface area contributed by atoms with Gasteiger partial charge in [0.25, 0.3) is 5.69 Å². The molecule has 2 aromatic rings. The number of ether oxygens (including phenoxy) is 3. The summed E-state index contributed by atoms with van der Waals surface area (Å²) in [5.74, 6) is 1.35. The molecule has 2 rings (SSSR count). The van der Waals surface area contributed by atoms with Crippen LogP contribution in [0.2, 0.25) is 0 Å². The number of nitrogens with one attached hydrogen (secondary N) is 1. The molecule has 0 fully saturated rings. The van der Waals surface area contributed by atoms with E-state index in [1.165, 1.54) is 25.3 Å². The lowest BCUT2D eigenvalue weighted by Gasteiger charge is -2.11. The number of nitro benzene ring substituents is 1. The first-order valence-corrected chi connectivity index (χ1v) is 7.81. The normalized spacial score (nSPS) is 10.1. The second-order valence-corrected chi connectivity index (χ2v) is 5.41. The molecule has 1 amide bonds. The molecule has 0 unspecified atom stereocenters. The number of rotatable bonds is 8. The average molecular weight is 360 g/mol. The standard InChI is InChI=1S/C18H20N2O6/c1-24-14-8-12(9-15(11-14)25-2)4-7-18(21)19-16-10-13(20(22)23)5-6-17(16)26-3/h5-6,8-11H,4,7H2,1-3H3,(H,19,21). The number of benzene rings is 2. The molecule has 0 atom stereocenters. The first-order valence-electron chi connectivity index (χ1n) is 7.81. The van der Waals surface area contributed by atoms with Crippen LogP contribution in [0, 0.1) is 10.1 Å². The van der Waals surface area contributed by atoms with Crippen LogP contribution in [0.3, 0.4) is 0 Å². The molecule has 0 aliphatic rings. The van der Waals surface area contributed by atoms with Crippen LogP contribution >= 0.6 is 0 Å². The molecule has 8 nitrogen and oxygen atoms in total. The van der Waals surface area contributed by atoms with Gasteiger partial charge in [-0.1, -0.05) is 0 Å². The minimum absolute atomic E-state index is 0.126. The van der Waals surface area contributed by atoms with Gasteiger partial charge in [-0.3, -0.25) is 14.9 Å². The summed E-state index contributed by atoms with van der Waals surface area (Å²) in [6, 6.07) is 9.42. The molecule has 26 heavy (non-hydrogen) atoms. The Morgan fingerprint density at radius 3 is 2.23 bits per heavy atom. The van der Waals surface area contributed by atoms with Crippen LogP contribution in [0.15, 0.2) is 36.4 Å². The number of aryl methyl sites for hydroxylation is 1. The van der Waals surface area contributed by atoms with Gasteiger partial charge in [-0.05, 0) is 30.2 Å². The number of hydrogen-bond donors (Lipinski definition) is 1. The van der Waals surface area contributed by atoms with Gasteiger partial charge in [0.15, 0.2) is 0 Å². The van der Waals surface area contributed by atoms with Crippen molar-refractivity contribution in [1.82, 2.24) is 0 Å².